The SMILES string of the molecule is C[C@H]1CNCCN1C(=O)C1CC2CCC1O2.Cl. The number of carbonyl (C=O) groups is 1. The van der Waals surface area contributed by atoms with E-state index in [0.717, 1.165) is 38.9 Å². The highest BCUT2D eigenvalue weighted by atomic mass is 35.5. The number of piperazine rings is 1. The van der Waals surface area contributed by atoms with Crippen molar-refractivity contribution in [1.82, 2.24) is 10.2 Å². The zero-order chi connectivity index (χ0) is 11.1. The molecule has 0 aromatic rings. The first kappa shape index (κ1) is 13.1. The average Bonchev–Trinajstić information content (AvgIpc) is 2.90. The Balaban J connectivity index is 0.00000108. The summed E-state index contributed by atoms with van der Waals surface area (Å²) in [7, 11) is 0. The van der Waals surface area contributed by atoms with Crippen LogP contribution < -0.4 is 5.32 Å². The Kier molecular flexibility index (Phi) is 3.95. The summed E-state index contributed by atoms with van der Waals surface area (Å²) in [6.45, 7) is 4.83. The zero-order valence-electron chi connectivity index (χ0n) is 10.2. The Morgan fingerprint density at radius 3 is 2.82 bits per heavy atom. The molecule has 5 heteroatoms. The van der Waals surface area contributed by atoms with Gasteiger partial charge in [-0.1, -0.05) is 0 Å². The van der Waals surface area contributed by atoms with E-state index in [1.165, 1.54) is 0 Å². The van der Waals surface area contributed by atoms with Crippen molar-refractivity contribution in [3.8, 4) is 0 Å². The van der Waals surface area contributed by atoms with Crippen LogP contribution in [0.15, 0.2) is 0 Å². The number of ether oxygens (including phenoxy) is 1. The maximum atomic E-state index is 12.4. The zero-order valence-corrected chi connectivity index (χ0v) is 11.0. The summed E-state index contributed by atoms with van der Waals surface area (Å²) in [5, 5.41) is 3.32. The maximum absolute atomic E-state index is 12.4. The fourth-order valence-electron chi connectivity index (χ4n) is 3.28. The number of fused-ring (bicyclic) bond motifs is 2. The number of nitrogens with zero attached hydrogens (tertiary/aromatic N) is 1. The molecule has 0 aromatic heterocycles. The molecule has 0 saturated carbocycles. The minimum atomic E-state index is 0. The van der Waals surface area contributed by atoms with E-state index in [9.17, 15) is 4.79 Å². The van der Waals surface area contributed by atoms with Crippen molar-refractivity contribution < 1.29 is 9.53 Å². The number of hydrogen-bond acceptors (Lipinski definition) is 3. The predicted octanol–water partition coefficient (Wildman–Crippen LogP) is 0.796. The van der Waals surface area contributed by atoms with E-state index in [1.807, 2.05) is 4.90 Å². The van der Waals surface area contributed by atoms with Crippen LogP contribution in [0.4, 0.5) is 0 Å². The van der Waals surface area contributed by atoms with Gasteiger partial charge in [0.1, 0.15) is 0 Å². The number of rotatable bonds is 1. The molecule has 3 unspecified atom stereocenters. The molecule has 0 radical (unpaired) electrons. The van der Waals surface area contributed by atoms with Crippen molar-refractivity contribution in [3.63, 3.8) is 0 Å². The molecule has 98 valence electrons. The van der Waals surface area contributed by atoms with Gasteiger partial charge in [0.25, 0.3) is 0 Å². The molecular weight excluding hydrogens is 240 g/mol. The predicted molar refractivity (Wildman–Crippen MR) is 67.3 cm³/mol. The summed E-state index contributed by atoms with van der Waals surface area (Å²) < 4.78 is 5.77. The van der Waals surface area contributed by atoms with Gasteiger partial charge in [-0.15, -0.1) is 12.4 Å². The first-order valence-corrected chi connectivity index (χ1v) is 6.42. The molecule has 3 saturated heterocycles. The van der Waals surface area contributed by atoms with Gasteiger partial charge in [-0.05, 0) is 26.2 Å². The Bertz CT molecular complexity index is 296. The molecule has 4 atom stereocenters. The lowest BCUT2D eigenvalue weighted by Gasteiger charge is -2.36. The number of hydrogen-bond donors (Lipinski definition) is 1. The molecule has 1 N–H and O–H groups in total. The summed E-state index contributed by atoms with van der Waals surface area (Å²) in [6, 6.07) is 0.334. The van der Waals surface area contributed by atoms with Crippen molar-refractivity contribution >= 4 is 18.3 Å². The third kappa shape index (κ3) is 2.30. The minimum Gasteiger partial charge on any atom is -0.374 e. The van der Waals surface area contributed by atoms with Gasteiger partial charge in [-0.3, -0.25) is 4.79 Å². The van der Waals surface area contributed by atoms with Crippen LogP contribution in [0, 0.1) is 5.92 Å². The molecule has 0 spiro atoms. The van der Waals surface area contributed by atoms with Crippen LogP contribution in [0.1, 0.15) is 26.2 Å². The van der Waals surface area contributed by atoms with Crippen LogP contribution in [0.5, 0.6) is 0 Å². The lowest BCUT2D eigenvalue weighted by atomic mass is 9.87. The number of nitrogens with one attached hydrogen (secondary N) is 1. The van der Waals surface area contributed by atoms with E-state index in [1.54, 1.807) is 0 Å². The summed E-state index contributed by atoms with van der Waals surface area (Å²) >= 11 is 0. The molecule has 0 aliphatic carbocycles. The Hall–Kier alpha value is -0.320. The van der Waals surface area contributed by atoms with Crippen molar-refractivity contribution in [2.24, 2.45) is 5.92 Å². The van der Waals surface area contributed by atoms with Gasteiger partial charge in [-0.2, -0.15) is 0 Å². The van der Waals surface area contributed by atoms with Crippen LogP contribution in [-0.4, -0.2) is 48.7 Å². The second kappa shape index (κ2) is 5.12. The van der Waals surface area contributed by atoms with E-state index in [2.05, 4.69) is 12.2 Å². The highest BCUT2D eigenvalue weighted by molar-refractivity contribution is 5.85. The Labute approximate surface area is 108 Å². The standard InChI is InChI=1S/C12H20N2O2.ClH/c1-8-7-13-4-5-14(8)12(15)10-6-9-2-3-11(10)16-9;/h8-11,13H,2-7H2,1H3;1H/t8-,9?,10?,11?;/m0./s1. The Morgan fingerprint density at radius 1 is 1.41 bits per heavy atom. The second-order valence-electron chi connectivity index (χ2n) is 5.30. The third-order valence-corrected chi connectivity index (χ3v) is 4.21. The first-order chi connectivity index (χ1) is 7.75. The molecule has 0 aromatic carbocycles. The lowest BCUT2D eigenvalue weighted by Crippen LogP contribution is -2.54. The van der Waals surface area contributed by atoms with Crippen LogP contribution in [0.3, 0.4) is 0 Å². The van der Waals surface area contributed by atoms with E-state index < -0.39 is 0 Å². The van der Waals surface area contributed by atoms with Gasteiger partial charge >= 0.3 is 0 Å². The minimum absolute atomic E-state index is 0. The fraction of sp³-hybridized carbons (Fsp3) is 0.917. The second-order valence-corrected chi connectivity index (χ2v) is 5.30. The van der Waals surface area contributed by atoms with Gasteiger partial charge in [0, 0.05) is 25.7 Å². The fourth-order valence-corrected chi connectivity index (χ4v) is 3.28. The van der Waals surface area contributed by atoms with Crippen molar-refractivity contribution in [2.45, 2.75) is 44.4 Å². The molecule has 3 fully saturated rings. The number of halogens is 1. The monoisotopic (exact) mass is 260 g/mol. The quantitative estimate of drug-likeness (QED) is 0.758. The van der Waals surface area contributed by atoms with Crippen LogP contribution in [0.2, 0.25) is 0 Å². The van der Waals surface area contributed by atoms with E-state index in [-0.39, 0.29) is 24.4 Å². The highest BCUT2D eigenvalue weighted by Crippen LogP contribution is 2.39. The summed E-state index contributed by atoms with van der Waals surface area (Å²) in [5.74, 6) is 0.487. The molecule has 17 heavy (non-hydrogen) atoms. The van der Waals surface area contributed by atoms with Crippen LogP contribution in [-0.2, 0) is 9.53 Å². The Morgan fingerprint density at radius 2 is 2.24 bits per heavy atom. The average molecular weight is 261 g/mol. The van der Waals surface area contributed by atoms with E-state index in [4.69, 9.17) is 4.74 Å². The van der Waals surface area contributed by atoms with Crippen molar-refractivity contribution in [2.75, 3.05) is 19.6 Å². The van der Waals surface area contributed by atoms with Gasteiger partial charge in [0.2, 0.25) is 5.91 Å². The highest BCUT2D eigenvalue weighted by Gasteiger charge is 2.46. The van der Waals surface area contributed by atoms with Crippen LogP contribution >= 0.6 is 12.4 Å². The smallest absolute Gasteiger partial charge is 0.228 e. The normalized spacial score (nSPS) is 40.2. The lowest BCUT2D eigenvalue weighted by molar-refractivity contribution is -0.140. The largest absolute Gasteiger partial charge is 0.374 e. The topological polar surface area (TPSA) is 41.6 Å². The molecule has 1 amide bonds. The first-order valence-electron chi connectivity index (χ1n) is 6.42. The van der Waals surface area contributed by atoms with Crippen molar-refractivity contribution in [3.05, 3.63) is 0 Å². The molecule has 3 aliphatic heterocycles. The molecule has 4 nitrogen and oxygen atoms in total. The van der Waals surface area contributed by atoms with Gasteiger partial charge in [0.15, 0.2) is 0 Å². The van der Waals surface area contributed by atoms with Crippen molar-refractivity contribution in [1.29, 1.82) is 0 Å². The maximum Gasteiger partial charge on any atom is 0.228 e. The van der Waals surface area contributed by atoms with Gasteiger partial charge in [-0.25, -0.2) is 0 Å². The molecule has 3 aliphatic rings. The molecule has 3 heterocycles. The molecule has 2 bridgehead atoms. The molecule has 3 rings (SSSR count). The van der Waals surface area contributed by atoms with Gasteiger partial charge < -0.3 is 15.0 Å². The third-order valence-electron chi connectivity index (χ3n) is 4.21. The number of carbonyl (C=O) groups excluding carboxylic acids is 1. The van der Waals surface area contributed by atoms with Gasteiger partial charge in [0.05, 0.1) is 18.1 Å². The summed E-state index contributed by atoms with van der Waals surface area (Å²) in [6.07, 6.45) is 3.80. The van der Waals surface area contributed by atoms with Crippen LogP contribution in [0.25, 0.3) is 0 Å². The van der Waals surface area contributed by atoms with E-state index in [0.29, 0.717) is 18.1 Å². The van der Waals surface area contributed by atoms with E-state index >= 15 is 0 Å². The number of amides is 1. The summed E-state index contributed by atoms with van der Waals surface area (Å²) in [5.41, 5.74) is 0. The molecular formula is C12H21ClN2O2. The summed E-state index contributed by atoms with van der Waals surface area (Å²) in [4.78, 5) is 14.5.